The molecule has 1 aromatic rings. The van der Waals surface area contributed by atoms with E-state index in [1.807, 2.05) is 26.1 Å². The predicted molar refractivity (Wildman–Crippen MR) is 55.9 cm³/mol. The summed E-state index contributed by atoms with van der Waals surface area (Å²) in [5.74, 6) is 0.454. The summed E-state index contributed by atoms with van der Waals surface area (Å²) in [7, 11) is 0. The van der Waals surface area contributed by atoms with Crippen molar-refractivity contribution in [3.05, 3.63) is 29.6 Å². The van der Waals surface area contributed by atoms with E-state index in [0.717, 1.165) is 30.4 Å². The van der Waals surface area contributed by atoms with E-state index in [1.165, 1.54) is 0 Å². The molecule has 0 aliphatic heterocycles. The number of aromatic nitrogens is 1. The lowest BCUT2D eigenvalue weighted by atomic mass is 9.85. The Morgan fingerprint density at radius 3 is 2.79 bits per heavy atom. The van der Waals surface area contributed by atoms with E-state index >= 15 is 0 Å². The second-order valence-corrected chi connectivity index (χ2v) is 4.24. The largest absolute Gasteiger partial charge is 0.385 e. The Labute approximate surface area is 85.0 Å². The van der Waals surface area contributed by atoms with Gasteiger partial charge in [-0.3, -0.25) is 4.98 Å². The van der Waals surface area contributed by atoms with E-state index in [2.05, 4.69) is 4.98 Å². The summed E-state index contributed by atoms with van der Waals surface area (Å²) >= 11 is 0. The normalized spacial score (nSPS) is 20.5. The van der Waals surface area contributed by atoms with Crippen molar-refractivity contribution in [2.75, 3.05) is 0 Å². The van der Waals surface area contributed by atoms with Gasteiger partial charge in [0.15, 0.2) is 0 Å². The third-order valence-electron chi connectivity index (χ3n) is 3.30. The topological polar surface area (TPSA) is 33.1 Å². The maximum absolute atomic E-state index is 10.6. The molecule has 0 saturated heterocycles. The number of pyridine rings is 1. The summed E-state index contributed by atoms with van der Waals surface area (Å²) in [6, 6.07) is 1.97. The molecule has 0 aromatic carbocycles. The van der Waals surface area contributed by atoms with Gasteiger partial charge in [-0.15, -0.1) is 0 Å². The van der Waals surface area contributed by atoms with Crippen LogP contribution in [-0.2, 0) is 5.60 Å². The summed E-state index contributed by atoms with van der Waals surface area (Å²) < 4.78 is 0. The van der Waals surface area contributed by atoms with Crippen LogP contribution in [0.3, 0.4) is 0 Å². The third kappa shape index (κ3) is 1.44. The first-order valence-corrected chi connectivity index (χ1v) is 5.32. The molecule has 0 radical (unpaired) electrons. The van der Waals surface area contributed by atoms with Crippen LogP contribution in [0.4, 0.5) is 0 Å². The van der Waals surface area contributed by atoms with Gasteiger partial charge in [0.05, 0.1) is 5.60 Å². The Morgan fingerprint density at radius 1 is 1.57 bits per heavy atom. The fraction of sp³-hybridized carbons (Fsp3) is 0.583. The Morgan fingerprint density at radius 2 is 2.29 bits per heavy atom. The van der Waals surface area contributed by atoms with Crippen LogP contribution in [0.2, 0.25) is 0 Å². The van der Waals surface area contributed by atoms with E-state index in [9.17, 15) is 5.11 Å². The summed E-state index contributed by atoms with van der Waals surface area (Å²) in [5.41, 5.74) is 1.54. The highest BCUT2D eigenvalue weighted by Gasteiger charge is 2.44. The summed E-state index contributed by atoms with van der Waals surface area (Å²) in [5, 5.41) is 10.6. The number of hydrogen-bond acceptors (Lipinski definition) is 2. The number of aliphatic hydroxyl groups is 1. The van der Waals surface area contributed by atoms with Gasteiger partial charge in [0.25, 0.3) is 0 Å². The molecular formula is C12H17NO. The van der Waals surface area contributed by atoms with Gasteiger partial charge in [-0.2, -0.15) is 0 Å². The van der Waals surface area contributed by atoms with Gasteiger partial charge in [-0.25, -0.2) is 0 Å². The van der Waals surface area contributed by atoms with E-state index in [0.29, 0.717) is 5.92 Å². The Kier molecular flexibility index (Phi) is 2.31. The van der Waals surface area contributed by atoms with Crippen molar-refractivity contribution in [1.29, 1.82) is 0 Å². The van der Waals surface area contributed by atoms with Crippen LogP contribution in [0.25, 0.3) is 0 Å². The second kappa shape index (κ2) is 3.35. The van der Waals surface area contributed by atoms with Crippen LogP contribution in [0, 0.1) is 12.8 Å². The standard InChI is InChI=1S/C12H17NO/c1-3-12(14,10-4-5-10)11-8-13-7-6-9(11)2/h6-8,10,14H,3-5H2,1-2H3. The molecule has 1 fully saturated rings. The molecule has 1 saturated carbocycles. The summed E-state index contributed by atoms with van der Waals surface area (Å²) in [6.07, 6.45) is 6.68. The smallest absolute Gasteiger partial charge is 0.0939 e. The molecule has 2 rings (SSSR count). The second-order valence-electron chi connectivity index (χ2n) is 4.24. The van der Waals surface area contributed by atoms with Crippen molar-refractivity contribution in [1.82, 2.24) is 4.98 Å². The van der Waals surface area contributed by atoms with Gasteiger partial charge in [-0.1, -0.05) is 6.92 Å². The Bertz CT molecular complexity index is 333. The highest BCUT2D eigenvalue weighted by atomic mass is 16.3. The van der Waals surface area contributed by atoms with Crippen LogP contribution >= 0.6 is 0 Å². The van der Waals surface area contributed by atoms with Crippen LogP contribution < -0.4 is 0 Å². The fourth-order valence-corrected chi connectivity index (χ4v) is 2.18. The van der Waals surface area contributed by atoms with Crippen LogP contribution in [-0.4, -0.2) is 10.1 Å². The minimum Gasteiger partial charge on any atom is -0.385 e. The first kappa shape index (κ1) is 9.66. The maximum atomic E-state index is 10.6. The molecule has 1 atom stereocenters. The zero-order chi connectivity index (χ0) is 10.2. The zero-order valence-electron chi connectivity index (χ0n) is 8.83. The highest BCUT2D eigenvalue weighted by molar-refractivity contribution is 5.29. The Hall–Kier alpha value is -0.890. The summed E-state index contributed by atoms with van der Waals surface area (Å²) in [6.45, 7) is 4.09. The first-order valence-electron chi connectivity index (χ1n) is 5.32. The van der Waals surface area contributed by atoms with Gasteiger partial charge < -0.3 is 5.11 Å². The molecule has 0 bridgehead atoms. The van der Waals surface area contributed by atoms with Gasteiger partial charge in [0, 0.05) is 18.0 Å². The molecule has 1 N–H and O–H groups in total. The van der Waals surface area contributed by atoms with Crippen molar-refractivity contribution in [2.45, 2.75) is 38.7 Å². The van der Waals surface area contributed by atoms with Crippen LogP contribution in [0.1, 0.15) is 37.3 Å². The molecule has 1 aliphatic carbocycles. The van der Waals surface area contributed by atoms with Gasteiger partial charge in [0.2, 0.25) is 0 Å². The number of rotatable bonds is 3. The lowest BCUT2D eigenvalue weighted by Gasteiger charge is -2.28. The number of aryl methyl sites for hydroxylation is 1. The number of nitrogens with zero attached hydrogens (tertiary/aromatic N) is 1. The van der Waals surface area contributed by atoms with Crippen molar-refractivity contribution in [3.63, 3.8) is 0 Å². The van der Waals surface area contributed by atoms with Crippen molar-refractivity contribution in [3.8, 4) is 0 Å². The fourth-order valence-electron chi connectivity index (χ4n) is 2.18. The zero-order valence-corrected chi connectivity index (χ0v) is 8.83. The minimum atomic E-state index is -0.627. The minimum absolute atomic E-state index is 0.454. The predicted octanol–water partition coefficient (Wildman–Crippen LogP) is 2.40. The maximum Gasteiger partial charge on any atom is 0.0939 e. The molecule has 0 spiro atoms. The number of hydrogen-bond donors (Lipinski definition) is 1. The average molecular weight is 191 g/mol. The molecule has 2 nitrogen and oxygen atoms in total. The van der Waals surface area contributed by atoms with E-state index in [4.69, 9.17) is 0 Å². The molecule has 14 heavy (non-hydrogen) atoms. The molecule has 76 valence electrons. The van der Waals surface area contributed by atoms with Gasteiger partial charge in [-0.05, 0) is 43.7 Å². The molecule has 0 amide bonds. The molecule has 1 unspecified atom stereocenters. The first-order chi connectivity index (χ1) is 6.68. The molecule has 1 aromatic heterocycles. The van der Waals surface area contributed by atoms with E-state index in [-0.39, 0.29) is 0 Å². The molecule has 2 heteroatoms. The van der Waals surface area contributed by atoms with Gasteiger partial charge in [0.1, 0.15) is 0 Å². The SMILES string of the molecule is CCC(O)(c1cnccc1C)C1CC1. The lowest BCUT2D eigenvalue weighted by molar-refractivity contribution is 0.00799. The monoisotopic (exact) mass is 191 g/mol. The van der Waals surface area contributed by atoms with Crippen molar-refractivity contribution < 1.29 is 5.11 Å². The van der Waals surface area contributed by atoms with E-state index in [1.54, 1.807) is 6.20 Å². The third-order valence-corrected chi connectivity index (χ3v) is 3.30. The Balaban J connectivity index is 2.40. The van der Waals surface area contributed by atoms with Crippen molar-refractivity contribution >= 4 is 0 Å². The van der Waals surface area contributed by atoms with Crippen molar-refractivity contribution in [2.24, 2.45) is 5.92 Å². The van der Waals surface area contributed by atoms with Crippen LogP contribution in [0.15, 0.2) is 18.5 Å². The van der Waals surface area contributed by atoms with Crippen LogP contribution in [0.5, 0.6) is 0 Å². The summed E-state index contributed by atoms with van der Waals surface area (Å²) in [4.78, 5) is 4.11. The molecule has 1 heterocycles. The van der Waals surface area contributed by atoms with E-state index < -0.39 is 5.60 Å². The average Bonchev–Trinajstić information content (AvgIpc) is 3.01. The molecular weight excluding hydrogens is 174 g/mol. The lowest BCUT2D eigenvalue weighted by Crippen LogP contribution is -2.28. The highest BCUT2D eigenvalue weighted by Crippen LogP contribution is 2.48. The quantitative estimate of drug-likeness (QED) is 0.795. The molecule has 1 aliphatic rings. The van der Waals surface area contributed by atoms with Gasteiger partial charge >= 0.3 is 0 Å².